The average Bonchev–Trinajstić information content (AvgIpc) is 3.11. The van der Waals surface area contributed by atoms with Gasteiger partial charge in [-0.2, -0.15) is 5.26 Å². The molecule has 0 radical (unpaired) electrons. The lowest BCUT2D eigenvalue weighted by molar-refractivity contribution is 0.0692. The van der Waals surface area contributed by atoms with Crippen molar-refractivity contribution in [1.82, 2.24) is 4.57 Å². The molecule has 0 aliphatic rings. The monoisotopic (exact) mass is 498 g/mol. The maximum absolute atomic E-state index is 14.7. The van der Waals surface area contributed by atoms with Crippen LogP contribution < -0.4 is 0 Å². The molecule has 0 fully saturated rings. The smallest absolute Gasteiger partial charge is 0.338 e. The third kappa shape index (κ3) is 4.08. The van der Waals surface area contributed by atoms with E-state index < -0.39 is 34.4 Å². The molecule has 0 aliphatic carbocycles. The highest BCUT2D eigenvalue weighted by molar-refractivity contribution is 6.31. The van der Waals surface area contributed by atoms with Gasteiger partial charge in [0.2, 0.25) is 0 Å². The van der Waals surface area contributed by atoms with Gasteiger partial charge in [-0.3, -0.25) is 0 Å². The van der Waals surface area contributed by atoms with Gasteiger partial charge in [-0.1, -0.05) is 31.5 Å². The van der Waals surface area contributed by atoms with E-state index in [2.05, 4.69) is 6.07 Å². The molecular weight excluding hydrogens is 481 g/mol. The molecule has 35 heavy (non-hydrogen) atoms. The number of nitriles is 1. The molecule has 0 saturated carbocycles. The Labute approximate surface area is 203 Å². The summed E-state index contributed by atoms with van der Waals surface area (Å²) in [5.41, 5.74) is -0.0876. The molecular formula is C26H18ClF3N2O3. The van der Waals surface area contributed by atoms with E-state index in [-0.39, 0.29) is 33.8 Å². The molecule has 9 heteroatoms. The van der Waals surface area contributed by atoms with Crippen molar-refractivity contribution in [1.29, 1.82) is 5.26 Å². The van der Waals surface area contributed by atoms with Gasteiger partial charge in [0.15, 0.2) is 11.6 Å². The maximum Gasteiger partial charge on any atom is 0.338 e. The number of hydrogen-bond acceptors (Lipinski definition) is 3. The number of carbonyl (C=O) groups is 1. The Hall–Kier alpha value is -3.96. The lowest BCUT2D eigenvalue weighted by Crippen LogP contribution is -2.22. The molecule has 0 bridgehead atoms. The van der Waals surface area contributed by atoms with Crippen LogP contribution in [0.4, 0.5) is 13.2 Å². The van der Waals surface area contributed by atoms with Crippen LogP contribution >= 0.6 is 11.6 Å². The van der Waals surface area contributed by atoms with Gasteiger partial charge in [-0.05, 0) is 42.0 Å². The summed E-state index contributed by atoms with van der Waals surface area (Å²) < 4.78 is 44.3. The molecule has 2 N–H and O–H groups in total. The molecule has 0 saturated heterocycles. The quantitative estimate of drug-likeness (QED) is 0.311. The average molecular weight is 499 g/mol. The number of hydrogen-bond donors (Lipinski definition) is 2. The summed E-state index contributed by atoms with van der Waals surface area (Å²) in [4.78, 5) is 11.3. The fraction of sp³-hybridized carbons (Fsp3) is 0.154. The van der Waals surface area contributed by atoms with E-state index in [1.54, 1.807) is 18.4 Å². The summed E-state index contributed by atoms with van der Waals surface area (Å²) >= 11 is 6.22. The van der Waals surface area contributed by atoms with Crippen LogP contribution in [0.3, 0.4) is 0 Å². The third-order valence-electron chi connectivity index (χ3n) is 5.82. The number of carboxylic acids is 1. The standard InChI is InChI=1S/C26H18ClF3N2O3/c1-26(2,7-8-31)24-22(13-3-5-16(25(34)35)18(29)9-13)23-20(10-14(27)11-21(23)33)32(24)15-4-6-17(28)19(30)12-15/h3-6,9-12,33H,7H2,1-2H3,(H,34,35). The fourth-order valence-electron chi connectivity index (χ4n) is 4.30. The largest absolute Gasteiger partial charge is 0.507 e. The van der Waals surface area contributed by atoms with Crippen molar-refractivity contribution in [3.05, 3.63) is 82.3 Å². The number of aromatic nitrogens is 1. The minimum Gasteiger partial charge on any atom is -0.507 e. The fourth-order valence-corrected chi connectivity index (χ4v) is 4.51. The predicted molar refractivity (Wildman–Crippen MR) is 125 cm³/mol. The summed E-state index contributed by atoms with van der Waals surface area (Å²) in [6, 6.07) is 11.7. The van der Waals surface area contributed by atoms with Gasteiger partial charge < -0.3 is 14.8 Å². The second-order valence-electron chi connectivity index (χ2n) is 8.70. The van der Waals surface area contributed by atoms with Crippen LogP contribution in [0.15, 0.2) is 48.5 Å². The SMILES string of the molecule is CC(C)(CC#N)c1c(-c2ccc(C(=O)O)c(F)c2)c2c(O)cc(Cl)cc2n1-c1ccc(F)c(F)c1. The van der Waals surface area contributed by atoms with Crippen LogP contribution in [0, 0.1) is 28.8 Å². The minimum absolute atomic E-state index is 0.0236. The maximum atomic E-state index is 14.7. The Kier molecular flexibility index (Phi) is 5.99. The first-order chi connectivity index (χ1) is 16.5. The van der Waals surface area contributed by atoms with Crippen LogP contribution in [0.2, 0.25) is 5.02 Å². The Morgan fingerprint density at radius 1 is 1.06 bits per heavy atom. The van der Waals surface area contributed by atoms with Gasteiger partial charge in [0.1, 0.15) is 11.6 Å². The summed E-state index contributed by atoms with van der Waals surface area (Å²) in [5, 5.41) is 30.0. The number of carboxylic acid groups (broad SMARTS) is 1. The van der Waals surface area contributed by atoms with E-state index in [4.69, 9.17) is 11.6 Å². The van der Waals surface area contributed by atoms with Crippen molar-refractivity contribution in [3.63, 3.8) is 0 Å². The van der Waals surface area contributed by atoms with E-state index in [9.17, 15) is 33.4 Å². The molecule has 0 aliphatic heterocycles. The van der Waals surface area contributed by atoms with Gasteiger partial charge in [-0.15, -0.1) is 0 Å². The summed E-state index contributed by atoms with van der Waals surface area (Å²) in [7, 11) is 0. The molecule has 0 atom stereocenters. The Morgan fingerprint density at radius 2 is 1.77 bits per heavy atom. The lowest BCUT2D eigenvalue weighted by Gasteiger charge is -2.26. The normalized spacial score (nSPS) is 11.6. The zero-order valence-electron chi connectivity index (χ0n) is 18.5. The highest BCUT2D eigenvalue weighted by atomic mass is 35.5. The highest BCUT2D eigenvalue weighted by Gasteiger charge is 2.33. The predicted octanol–water partition coefficient (Wildman–Crippen LogP) is 6.96. The number of aromatic carboxylic acids is 1. The molecule has 4 aromatic rings. The second kappa shape index (κ2) is 8.67. The zero-order chi connectivity index (χ0) is 25.7. The molecule has 3 aromatic carbocycles. The van der Waals surface area contributed by atoms with Gasteiger partial charge in [0, 0.05) is 39.9 Å². The van der Waals surface area contributed by atoms with Crippen LogP contribution in [-0.4, -0.2) is 20.7 Å². The number of fused-ring (bicyclic) bond motifs is 1. The van der Waals surface area contributed by atoms with Gasteiger partial charge in [0.05, 0.1) is 22.5 Å². The van der Waals surface area contributed by atoms with Crippen molar-refractivity contribution >= 4 is 28.5 Å². The third-order valence-corrected chi connectivity index (χ3v) is 6.04. The van der Waals surface area contributed by atoms with Crippen LogP contribution in [0.5, 0.6) is 5.75 Å². The number of phenols is 1. The van der Waals surface area contributed by atoms with Gasteiger partial charge >= 0.3 is 5.97 Å². The van der Waals surface area contributed by atoms with Crippen LogP contribution in [0.25, 0.3) is 27.7 Å². The van der Waals surface area contributed by atoms with Crippen LogP contribution in [0.1, 0.15) is 36.3 Å². The first kappa shape index (κ1) is 24.2. The molecule has 1 heterocycles. The van der Waals surface area contributed by atoms with Gasteiger partial charge in [-0.25, -0.2) is 18.0 Å². The van der Waals surface area contributed by atoms with E-state index in [1.165, 1.54) is 24.3 Å². The van der Waals surface area contributed by atoms with Crippen LogP contribution in [-0.2, 0) is 5.41 Å². The number of halogens is 4. The van der Waals surface area contributed by atoms with Crippen molar-refractivity contribution in [3.8, 4) is 28.6 Å². The number of benzene rings is 3. The van der Waals surface area contributed by atoms with Crippen molar-refractivity contribution in [2.24, 2.45) is 0 Å². The lowest BCUT2D eigenvalue weighted by atomic mass is 9.81. The van der Waals surface area contributed by atoms with E-state index in [0.29, 0.717) is 16.8 Å². The number of rotatable bonds is 5. The first-order valence-electron chi connectivity index (χ1n) is 10.4. The summed E-state index contributed by atoms with van der Waals surface area (Å²) in [6.07, 6.45) is -0.0236. The highest BCUT2D eigenvalue weighted by Crippen LogP contribution is 2.48. The topological polar surface area (TPSA) is 86.2 Å². The Morgan fingerprint density at radius 3 is 2.37 bits per heavy atom. The molecule has 178 valence electrons. The van der Waals surface area contributed by atoms with Crippen molar-refractivity contribution in [2.45, 2.75) is 25.7 Å². The summed E-state index contributed by atoms with van der Waals surface area (Å²) in [5.74, 6) is -4.88. The van der Waals surface area contributed by atoms with E-state index in [0.717, 1.165) is 24.3 Å². The molecule has 5 nitrogen and oxygen atoms in total. The number of nitrogens with zero attached hydrogens (tertiary/aromatic N) is 2. The molecule has 1 aromatic heterocycles. The molecule has 0 unspecified atom stereocenters. The molecule has 4 rings (SSSR count). The number of phenolic OH excluding ortho intramolecular Hbond substituents is 1. The summed E-state index contributed by atoms with van der Waals surface area (Å²) in [6.45, 7) is 3.48. The second-order valence-corrected chi connectivity index (χ2v) is 9.13. The number of aromatic hydroxyl groups is 1. The van der Waals surface area contributed by atoms with E-state index >= 15 is 0 Å². The van der Waals surface area contributed by atoms with Gasteiger partial charge in [0.25, 0.3) is 0 Å². The molecule has 0 spiro atoms. The first-order valence-corrected chi connectivity index (χ1v) is 10.8. The van der Waals surface area contributed by atoms with Crippen molar-refractivity contribution < 1.29 is 28.2 Å². The Bertz CT molecular complexity index is 1550. The minimum atomic E-state index is -1.45. The van der Waals surface area contributed by atoms with Crippen molar-refractivity contribution in [2.75, 3.05) is 0 Å². The molecule has 0 amide bonds. The Balaban J connectivity index is 2.23. The van der Waals surface area contributed by atoms with E-state index in [1.807, 2.05) is 0 Å². The zero-order valence-corrected chi connectivity index (χ0v) is 19.3.